The molecule has 0 spiro atoms. The number of nitrogens with one attached hydrogen (secondary N) is 2. The van der Waals surface area contributed by atoms with E-state index in [9.17, 15) is 4.79 Å². The van der Waals surface area contributed by atoms with Crippen LogP contribution in [0.25, 0.3) is 0 Å². The smallest absolute Gasteiger partial charge is 0.319 e. The number of hydrogen-bond donors (Lipinski definition) is 2. The third kappa shape index (κ3) is 7.66. The van der Waals surface area contributed by atoms with E-state index in [4.69, 9.17) is 0 Å². The van der Waals surface area contributed by atoms with Gasteiger partial charge < -0.3 is 15.5 Å². The highest BCUT2D eigenvalue weighted by Crippen LogP contribution is 2.12. The van der Waals surface area contributed by atoms with E-state index < -0.39 is 0 Å². The molecule has 0 saturated carbocycles. The summed E-state index contributed by atoms with van der Waals surface area (Å²) in [6.45, 7) is 9.69. The van der Waals surface area contributed by atoms with Crippen molar-refractivity contribution in [2.24, 2.45) is 0 Å². The highest BCUT2D eigenvalue weighted by molar-refractivity contribution is 14.1. The third-order valence-electron chi connectivity index (χ3n) is 3.47. The molecular weight excluding hydrogens is 377 g/mol. The standard InChI is InChI=1S/C16H26IN3O/c1-4-20(5-2)11-7-8-13(3)18-16(21)19-15-10-6-9-14(17)12-15/h6,9-10,12-13H,4-5,7-8,11H2,1-3H3,(H2,18,19,21). The summed E-state index contributed by atoms with van der Waals surface area (Å²) >= 11 is 2.23. The molecule has 118 valence electrons. The SMILES string of the molecule is CCN(CC)CCCC(C)NC(=O)Nc1cccc(I)c1. The molecule has 0 aromatic heterocycles. The number of carbonyl (C=O) groups is 1. The number of hydrogen-bond acceptors (Lipinski definition) is 2. The van der Waals surface area contributed by atoms with Crippen LogP contribution in [0.2, 0.25) is 0 Å². The summed E-state index contributed by atoms with van der Waals surface area (Å²) in [5.41, 5.74) is 0.828. The van der Waals surface area contributed by atoms with Gasteiger partial charge in [-0.25, -0.2) is 4.79 Å². The average Bonchev–Trinajstić information content (AvgIpc) is 2.43. The number of halogens is 1. The van der Waals surface area contributed by atoms with Crippen LogP contribution in [0.3, 0.4) is 0 Å². The van der Waals surface area contributed by atoms with Gasteiger partial charge in [0.25, 0.3) is 0 Å². The molecule has 0 aliphatic rings. The summed E-state index contributed by atoms with van der Waals surface area (Å²) in [4.78, 5) is 14.3. The van der Waals surface area contributed by atoms with Gasteiger partial charge in [-0.3, -0.25) is 0 Å². The quantitative estimate of drug-likeness (QED) is 0.647. The average molecular weight is 403 g/mol. The van der Waals surface area contributed by atoms with Gasteiger partial charge in [0, 0.05) is 15.3 Å². The number of urea groups is 1. The Labute approximate surface area is 141 Å². The molecule has 0 saturated heterocycles. The fraction of sp³-hybridized carbons (Fsp3) is 0.562. The second-order valence-corrected chi connectivity index (χ2v) is 6.42. The van der Waals surface area contributed by atoms with E-state index in [1.165, 1.54) is 0 Å². The van der Waals surface area contributed by atoms with Crippen LogP contribution < -0.4 is 10.6 Å². The van der Waals surface area contributed by atoms with Gasteiger partial charge in [-0.2, -0.15) is 0 Å². The number of benzene rings is 1. The van der Waals surface area contributed by atoms with E-state index in [2.05, 4.69) is 58.9 Å². The number of nitrogens with zero attached hydrogens (tertiary/aromatic N) is 1. The van der Waals surface area contributed by atoms with Crippen LogP contribution in [0.1, 0.15) is 33.6 Å². The topological polar surface area (TPSA) is 44.4 Å². The predicted molar refractivity (Wildman–Crippen MR) is 97.8 cm³/mol. The Balaban J connectivity index is 2.27. The Morgan fingerprint density at radius 3 is 2.67 bits per heavy atom. The van der Waals surface area contributed by atoms with E-state index in [1.807, 2.05) is 24.3 Å². The van der Waals surface area contributed by atoms with E-state index in [-0.39, 0.29) is 12.1 Å². The second-order valence-electron chi connectivity index (χ2n) is 5.18. The van der Waals surface area contributed by atoms with Crippen molar-refractivity contribution in [1.29, 1.82) is 0 Å². The summed E-state index contributed by atoms with van der Waals surface area (Å²) in [6, 6.07) is 7.83. The molecule has 1 rings (SSSR count). The fourth-order valence-electron chi connectivity index (χ4n) is 2.19. The van der Waals surface area contributed by atoms with Crippen molar-refractivity contribution < 1.29 is 4.79 Å². The van der Waals surface area contributed by atoms with E-state index in [0.717, 1.165) is 41.7 Å². The third-order valence-corrected chi connectivity index (χ3v) is 4.14. The lowest BCUT2D eigenvalue weighted by molar-refractivity contribution is 0.247. The molecule has 4 nitrogen and oxygen atoms in total. The summed E-state index contributed by atoms with van der Waals surface area (Å²) in [5, 5.41) is 5.86. The van der Waals surface area contributed by atoms with Crippen LogP contribution >= 0.6 is 22.6 Å². The molecule has 1 atom stereocenters. The molecular formula is C16H26IN3O. The van der Waals surface area contributed by atoms with Crippen LogP contribution in [-0.2, 0) is 0 Å². The molecule has 5 heteroatoms. The van der Waals surface area contributed by atoms with Gasteiger partial charge in [0.1, 0.15) is 0 Å². The number of rotatable bonds is 8. The Morgan fingerprint density at radius 1 is 1.33 bits per heavy atom. The number of amides is 2. The molecule has 21 heavy (non-hydrogen) atoms. The first-order valence-electron chi connectivity index (χ1n) is 7.60. The number of carbonyl (C=O) groups excluding carboxylic acids is 1. The lowest BCUT2D eigenvalue weighted by Gasteiger charge is -2.20. The van der Waals surface area contributed by atoms with Gasteiger partial charge in [0.05, 0.1) is 0 Å². The van der Waals surface area contributed by atoms with Gasteiger partial charge in [0.15, 0.2) is 0 Å². The minimum absolute atomic E-state index is 0.132. The Bertz CT molecular complexity index is 435. The largest absolute Gasteiger partial charge is 0.335 e. The van der Waals surface area contributed by atoms with Crippen molar-refractivity contribution in [1.82, 2.24) is 10.2 Å². The highest BCUT2D eigenvalue weighted by Gasteiger charge is 2.08. The molecule has 0 radical (unpaired) electrons. The molecule has 0 heterocycles. The van der Waals surface area contributed by atoms with Crippen LogP contribution in [0.5, 0.6) is 0 Å². The van der Waals surface area contributed by atoms with Crippen molar-refractivity contribution in [2.45, 2.75) is 39.7 Å². The van der Waals surface area contributed by atoms with Gasteiger partial charge in [-0.1, -0.05) is 19.9 Å². The zero-order valence-electron chi connectivity index (χ0n) is 13.2. The van der Waals surface area contributed by atoms with Crippen molar-refractivity contribution in [3.8, 4) is 0 Å². The fourth-order valence-corrected chi connectivity index (χ4v) is 2.73. The maximum absolute atomic E-state index is 11.9. The van der Waals surface area contributed by atoms with Crippen molar-refractivity contribution in [2.75, 3.05) is 25.0 Å². The summed E-state index contributed by atoms with van der Waals surface area (Å²) in [7, 11) is 0. The zero-order chi connectivity index (χ0) is 15.7. The summed E-state index contributed by atoms with van der Waals surface area (Å²) in [6.07, 6.45) is 2.10. The Morgan fingerprint density at radius 2 is 2.05 bits per heavy atom. The lowest BCUT2D eigenvalue weighted by atomic mass is 10.2. The van der Waals surface area contributed by atoms with E-state index >= 15 is 0 Å². The molecule has 2 N–H and O–H groups in total. The van der Waals surface area contributed by atoms with E-state index in [0.29, 0.717) is 0 Å². The Kier molecular flexibility index (Phi) is 8.68. The number of anilines is 1. The molecule has 0 aliphatic heterocycles. The molecule has 1 unspecified atom stereocenters. The highest BCUT2D eigenvalue weighted by atomic mass is 127. The van der Waals surface area contributed by atoms with Crippen molar-refractivity contribution in [3.05, 3.63) is 27.8 Å². The van der Waals surface area contributed by atoms with Gasteiger partial charge in [-0.05, 0) is 80.2 Å². The van der Waals surface area contributed by atoms with Crippen molar-refractivity contribution in [3.63, 3.8) is 0 Å². The van der Waals surface area contributed by atoms with Crippen LogP contribution in [0.4, 0.5) is 10.5 Å². The molecule has 0 fully saturated rings. The van der Waals surface area contributed by atoms with Gasteiger partial charge in [-0.15, -0.1) is 0 Å². The first-order valence-corrected chi connectivity index (χ1v) is 8.68. The van der Waals surface area contributed by atoms with Crippen LogP contribution in [0, 0.1) is 3.57 Å². The lowest BCUT2D eigenvalue weighted by Crippen LogP contribution is -2.36. The Hall–Kier alpha value is -0.820. The molecule has 1 aromatic carbocycles. The first kappa shape index (κ1) is 18.2. The summed E-state index contributed by atoms with van der Waals surface area (Å²) < 4.78 is 1.11. The van der Waals surface area contributed by atoms with Gasteiger partial charge >= 0.3 is 6.03 Å². The first-order chi connectivity index (χ1) is 10.0. The maximum Gasteiger partial charge on any atom is 0.319 e. The zero-order valence-corrected chi connectivity index (χ0v) is 15.3. The maximum atomic E-state index is 11.9. The van der Waals surface area contributed by atoms with Crippen LogP contribution in [0.15, 0.2) is 24.3 Å². The molecule has 0 aliphatic carbocycles. The van der Waals surface area contributed by atoms with E-state index in [1.54, 1.807) is 0 Å². The minimum Gasteiger partial charge on any atom is -0.335 e. The molecule has 1 aromatic rings. The molecule has 2 amide bonds. The normalized spacial score (nSPS) is 12.2. The van der Waals surface area contributed by atoms with Gasteiger partial charge in [0.2, 0.25) is 0 Å². The van der Waals surface area contributed by atoms with Crippen LogP contribution in [-0.4, -0.2) is 36.6 Å². The molecule has 0 bridgehead atoms. The second kappa shape index (κ2) is 10.00. The monoisotopic (exact) mass is 403 g/mol. The predicted octanol–water partition coefficient (Wildman–Crippen LogP) is 3.92. The summed E-state index contributed by atoms with van der Waals surface area (Å²) in [5.74, 6) is 0. The minimum atomic E-state index is -0.132. The van der Waals surface area contributed by atoms with Crippen molar-refractivity contribution >= 4 is 34.3 Å².